The Morgan fingerprint density at radius 3 is 2.39 bits per heavy atom. The van der Waals surface area contributed by atoms with E-state index in [-0.39, 0.29) is 29.5 Å². The fourth-order valence-electron chi connectivity index (χ4n) is 5.43. The van der Waals surface area contributed by atoms with Gasteiger partial charge in [-0.3, -0.25) is 19.4 Å². The lowest BCUT2D eigenvalue weighted by Crippen LogP contribution is -2.33. The highest BCUT2D eigenvalue weighted by Crippen LogP contribution is 2.38. The number of hydrogen-bond acceptors (Lipinski definition) is 5. The third-order valence-electron chi connectivity index (χ3n) is 7.19. The molecule has 5 rings (SSSR count). The summed E-state index contributed by atoms with van der Waals surface area (Å²) in [5.41, 5.74) is 1.43. The fraction of sp³-hybridized carbons (Fsp3) is 0.542. The number of benzene rings is 1. The maximum absolute atomic E-state index is 13.4. The molecule has 0 radical (unpaired) electrons. The highest BCUT2D eigenvalue weighted by Gasteiger charge is 2.47. The van der Waals surface area contributed by atoms with E-state index in [0.717, 1.165) is 69.2 Å². The monoisotopic (exact) mass is 425 g/mol. The molecule has 2 aromatic rings. The average Bonchev–Trinajstić information content (AvgIpc) is 3.31. The second kappa shape index (κ2) is 8.54. The van der Waals surface area contributed by atoms with E-state index in [1.165, 1.54) is 17.0 Å². The zero-order valence-electron chi connectivity index (χ0n) is 17.6. The number of piperidine rings is 1. The molecular weight excluding hydrogens is 397 g/mol. The van der Waals surface area contributed by atoms with Gasteiger partial charge in [-0.1, -0.05) is 30.2 Å². The predicted octanol–water partition coefficient (Wildman–Crippen LogP) is 3.88. The molecule has 3 fully saturated rings. The minimum atomic E-state index is -0.312. The number of rotatable bonds is 5. The Kier molecular flexibility index (Phi) is 5.61. The van der Waals surface area contributed by atoms with Crippen LogP contribution in [0.1, 0.15) is 50.1 Å². The lowest BCUT2D eigenvalue weighted by atomic mass is 9.81. The molecule has 3 heterocycles. The second-order valence-electron chi connectivity index (χ2n) is 9.04. The number of imide groups is 1. The minimum Gasteiger partial charge on any atom is -0.356 e. The Balaban J connectivity index is 1.11. The molecule has 1 aliphatic carbocycles. The summed E-state index contributed by atoms with van der Waals surface area (Å²) >= 11 is 0. The molecule has 1 aromatic carbocycles. The van der Waals surface area contributed by atoms with Crippen molar-refractivity contribution in [3.8, 4) is 0 Å². The van der Waals surface area contributed by atoms with Crippen molar-refractivity contribution in [3.63, 3.8) is 0 Å². The van der Waals surface area contributed by atoms with Crippen molar-refractivity contribution >= 4 is 22.8 Å². The van der Waals surface area contributed by atoms with E-state index in [9.17, 15) is 14.0 Å². The SMILES string of the molecule is O=C1C2CCCCC2C(=O)N1C/C=C/CN1CCC(c2noc3cc(F)ccc23)CC1. The van der Waals surface area contributed by atoms with Crippen LogP contribution in [-0.2, 0) is 9.59 Å². The van der Waals surface area contributed by atoms with Crippen LogP contribution in [0.5, 0.6) is 0 Å². The first-order valence-electron chi connectivity index (χ1n) is 11.4. The molecule has 1 saturated carbocycles. The highest BCUT2D eigenvalue weighted by atomic mass is 19.1. The largest absolute Gasteiger partial charge is 0.356 e. The lowest BCUT2D eigenvalue weighted by Gasteiger charge is -2.30. The van der Waals surface area contributed by atoms with Crippen LogP contribution in [0.25, 0.3) is 11.0 Å². The zero-order valence-corrected chi connectivity index (χ0v) is 17.6. The number of likely N-dealkylation sites (tertiary alicyclic amines) is 2. The van der Waals surface area contributed by atoms with E-state index >= 15 is 0 Å². The topological polar surface area (TPSA) is 66.7 Å². The maximum Gasteiger partial charge on any atom is 0.233 e. The number of carbonyl (C=O) groups excluding carboxylic acids is 2. The third-order valence-corrected chi connectivity index (χ3v) is 7.19. The number of amides is 2. The summed E-state index contributed by atoms with van der Waals surface area (Å²) in [5, 5.41) is 5.11. The molecule has 3 aliphatic rings. The van der Waals surface area contributed by atoms with Crippen LogP contribution in [0.15, 0.2) is 34.9 Å². The van der Waals surface area contributed by atoms with Gasteiger partial charge in [0.2, 0.25) is 11.8 Å². The maximum atomic E-state index is 13.4. The molecular formula is C24H28FN3O3. The van der Waals surface area contributed by atoms with E-state index < -0.39 is 0 Å². The van der Waals surface area contributed by atoms with Gasteiger partial charge in [-0.25, -0.2) is 4.39 Å². The van der Waals surface area contributed by atoms with Gasteiger partial charge in [-0.15, -0.1) is 0 Å². The summed E-state index contributed by atoms with van der Waals surface area (Å²) in [6.45, 7) is 3.08. The summed E-state index contributed by atoms with van der Waals surface area (Å²) in [7, 11) is 0. The molecule has 2 atom stereocenters. The number of hydrogen-bond donors (Lipinski definition) is 0. The molecule has 0 spiro atoms. The number of fused-ring (bicyclic) bond motifs is 2. The molecule has 2 saturated heterocycles. The zero-order chi connectivity index (χ0) is 21.4. The Morgan fingerprint density at radius 1 is 1.00 bits per heavy atom. The van der Waals surface area contributed by atoms with Gasteiger partial charge in [0.1, 0.15) is 5.82 Å². The Hall–Kier alpha value is -2.54. The molecule has 164 valence electrons. The summed E-state index contributed by atoms with van der Waals surface area (Å²) in [6.07, 6.45) is 9.80. The molecule has 2 aliphatic heterocycles. The minimum absolute atomic E-state index is 0.0277. The molecule has 6 nitrogen and oxygen atoms in total. The first kappa shape index (κ1) is 20.4. The number of aromatic nitrogens is 1. The standard InChI is InChI=1S/C24H28FN3O3/c25-17-7-8-20-21(15-17)31-26-22(20)16-9-13-27(14-10-16)11-3-4-12-28-23(29)18-5-1-2-6-19(18)24(28)30/h3-4,7-8,15-16,18-19H,1-2,5-6,9-14H2/b4-3+. The van der Waals surface area contributed by atoms with E-state index in [1.54, 1.807) is 6.07 Å². The summed E-state index contributed by atoms with van der Waals surface area (Å²) in [4.78, 5) is 28.9. The second-order valence-corrected chi connectivity index (χ2v) is 9.04. The van der Waals surface area contributed by atoms with Crippen LogP contribution in [0.4, 0.5) is 4.39 Å². The number of carbonyl (C=O) groups is 2. The average molecular weight is 426 g/mol. The van der Waals surface area contributed by atoms with Crippen molar-refractivity contribution in [2.24, 2.45) is 11.8 Å². The molecule has 31 heavy (non-hydrogen) atoms. The smallest absolute Gasteiger partial charge is 0.233 e. The lowest BCUT2D eigenvalue weighted by molar-refractivity contribution is -0.139. The van der Waals surface area contributed by atoms with Gasteiger partial charge in [0.15, 0.2) is 5.58 Å². The van der Waals surface area contributed by atoms with Gasteiger partial charge in [0.05, 0.1) is 17.5 Å². The van der Waals surface area contributed by atoms with Crippen LogP contribution >= 0.6 is 0 Å². The van der Waals surface area contributed by atoms with Crippen molar-refractivity contribution in [3.05, 3.63) is 41.9 Å². The van der Waals surface area contributed by atoms with Crippen molar-refractivity contribution in [1.82, 2.24) is 15.0 Å². The summed E-state index contributed by atoms with van der Waals surface area (Å²) in [5.74, 6) is -0.0849. The van der Waals surface area contributed by atoms with Gasteiger partial charge >= 0.3 is 0 Å². The van der Waals surface area contributed by atoms with Crippen LogP contribution in [-0.4, -0.2) is 52.9 Å². The Morgan fingerprint density at radius 2 is 1.68 bits per heavy atom. The normalized spacial score (nSPS) is 25.8. The first-order chi connectivity index (χ1) is 15.1. The van der Waals surface area contributed by atoms with E-state index in [2.05, 4.69) is 16.1 Å². The van der Waals surface area contributed by atoms with Crippen LogP contribution in [0.3, 0.4) is 0 Å². The third kappa shape index (κ3) is 3.91. The highest BCUT2D eigenvalue weighted by molar-refractivity contribution is 6.05. The van der Waals surface area contributed by atoms with Crippen molar-refractivity contribution in [2.75, 3.05) is 26.2 Å². The quantitative estimate of drug-likeness (QED) is 0.537. The summed E-state index contributed by atoms with van der Waals surface area (Å²) < 4.78 is 18.7. The van der Waals surface area contributed by atoms with Gasteiger partial charge in [0, 0.05) is 30.5 Å². The van der Waals surface area contributed by atoms with Gasteiger partial charge < -0.3 is 4.52 Å². The molecule has 1 aromatic heterocycles. The van der Waals surface area contributed by atoms with E-state index in [0.29, 0.717) is 18.0 Å². The van der Waals surface area contributed by atoms with Gasteiger partial charge in [0.25, 0.3) is 0 Å². The van der Waals surface area contributed by atoms with Crippen LogP contribution in [0, 0.1) is 17.7 Å². The Bertz CT molecular complexity index is 985. The Labute approximate surface area is 181 Å². The molecule has 2 unspecified atom stereocenters. The van der Waals surface area contributed by atoms with E-state index in [4.69, 9.17) is 4.52 Å². The number of halogens is 1. The van der Waals surface area contributed by atoms with Crippen molar-refractivity contribution in [1.29, 1.82) is 0 Å². The fourth-order valence-corrected chi connectivity index (χ4v) is 5.43. The van der Waals surface area contributed by atoms with Gasteiger partial charge in [-0.2, -0.15) is 0 Å². The molecule has 2 amide bonds. The first-order valence-corrected chi connectivity index (χ1v) is 11.4. The van der Waals surface area contributed by atoms with Gasteiger partial charge in [-0.05, 0) is 50.9 Å². The summed E-state index contributed by atoms with van der Waals surface area (Å²) in [6, 6.07) is 4.59. The van der Waals surface area contributed by atoms with Crippen LogP contribution in [0.2, 0.25) is 0 Å². The van der Waals surface area contributed by atoms with E-state index in [1.807, 2.05) is 6.08 Å². The molecule has 7 heteroatoms. The molecule has 0 bridgehead atoms. The predicted molar refractivity (Wildman–Crippen MR) is 114 cm³/mol. The van der Waals surface area contributed by atoms with Crippen LogP contribution < -0.4 is 0 Å². The molecule has 0 N–H and O–H groups in total. The number of nitrogens with zero attached hydrogens (tertiary/aromatic N) is 3. The van der Waals surface area contributed by atoms with Crippen molar-refractivity contribution in [2.45, 2.75) is 44.4 Å². The van der Waals surface area contributed by atoms with Crippen molar-refractivity contribution < 1.29 is 18.5 Å².